The molecular formula is C24H46O4. The Morgan fingerprint density at radius 1 is 0.536 bits per heavy atom. The minimum atomic E-state index is -0.744. The molecule has 0 spiro atoms. The van der Waals surface area contributed by atoms with E-state index in [-0.39, 0.29) is 0 Å². The lowest BCUT2D eigenvalue weighted by Gasteiger charge is -2.15. The first-order valence-corrected chi connectivity index (χ1v) is 12.0. The fraction of sp³-hybridized carbons (Fsp3) is 0.917. The standard InChI is InChI=1S/C24H46O4/c1-4-7-10-12-14-17-20-27-23(25)22(19-16-9-6-3)24(26)28-21-18-15-13-11-8-5-2/h22H,4-21H2,1-3H3. The molecule has 0 bridgehead atoms. The van der Waals surface area contributed by atoms with Crippen LogP contribution in [-0.4, -0.2) is 25.2 Å². The third-order valence-electron chi connectivity index (χ3n) is 5.15. The average Bonchev–Trinajstić information content (AvgIpc) is 2.69. The second-order valence-electron chi connectivity index (χ2n) is 7.92. The summed E-state index contributed by atoms with van der Waals surface area (Å²) in [5.41, 5.74) is 0. The second-order valence-corrected chi connectivity index (χ2v) is 7.92. The van der Waals surface area contributed by atoms with Crippen LogP contribution in [0.4, 0.5) is 0 Å². The lowest BCUT2D eigenvalue weighted by molar-refractivity contribution is -0.162. The van der Waals surface area contributed by atoms with Gasteiger partial charge in [-0.1, -0.05) is 104 Å². The van der Waals surface area contributed by atoms with Gasteiger partial charge in [-0.3, -0.25) is 9.59 Å². The maximum Gasteiger partial charge on any atom is 0.320 e. The highest BCUT2D eigenvalue weighted by atomic mass is 16.6. The van der Waals surface area contributed by atoms with Crippen molar-refractivity contribution in [3.05, 3.63) is 0 Å². The van der Waals surface area contributed by atoms with Gasteiger partial charge in [0, 0.05) is 0 Å². The zero-order chi connectivity index (χ0) is 20.9. The molecule has 0 aromatic rings. The molecule has 0 aliphatic heterocycles. The van der Waals surface area contributed by atoms with E-state index in [0.29, 0.717) is 19.6 Å². The van der Waals surface area contributed by atoms with Gasteiger partial charge in [0.25, 0.3) is 0 Å². The van der Waals surface area contributed by atoms with Crippen molar-refractivity contribution >= 4 is 11.9 Å². The van der Waals surface area contributed by atoms with E-state index in [1.165, 1.54) is 51.4 Å². The van der Waals surface area contributed by atoms with E-state index in [4.69, 9.17) is 9.47 Å². The van der Waals surface area contributed by atoms with Crippen LogP contribution < -0.4 is 0 Å². The Hall–Kier alpha value is -1.06. The molecule has 0 aliphatic carbocycles. The van der Waals surface area contributed by atoms with E-state index in [0.717, 1.165) is 44.9 Å². The number of rotatable bonds is 20. The molecule has 28 heavy (non-hydrogen) atoms. The van der Waals surface area contributed by atoms with Crippen LogP contribution in [-0.2, 0) is 19.1 Å². The van der Waals surface area contributed by atoms with Crippen LogP contribution >= 0.6 is 0 Å². The summed E-state index contributed by atoms with van der Waals surface area (Å²) in [5, 5.41) is 0. The summed E-state index contributed by atoms with van der Waals surface area (Å²) in [7, 11) is 0. The first-order valence-electron chi connectivity index (χ1n) is 12.0. The third-order valence-corrected chi connectivity index (χ3v) is 5.15. The van der Waals surface area contributed by atoms with Crippen molar-refractivity contribution in [2.45, 2.75) is 124 Å². The minimum Gasteiger partial charge on any atom is -0.465 e. The molecule has 0 atom stereocenters. The van der Waals surface area contributed by atoms with Crippen LogP contribution in [0.3, 0.4) is 0 Å². The van der Waals surface area contributed by atoms with E-state index >= 15 is 0 Å². The van der Waals surface area contributed by atoms with Gasteiger partial charge in [-0.15, -0.1) is 0 Å². The molecule has 0 aromatic heterocycles. The Morgan fingerprint density at radius 2 is 0.893 bits per heavy atom. The maximum atomic E-state index is 12.4. The van der Waals surface area contributed by atoms with Gasteiger partial charge < -0.3 is 9.47 Å². The van der Waals surface area contributed by atoms with Gasteiger partial charge in [0.2, 0.25) is 0 Å². The summed E-state index contributed by atoms with van der Waals surface area (Å²) in [5.74, 6) is -1.53. The molecule has 4 nitrogen and oxygen atoms in total. The maximum absolute atomic E-state index is 12.4. The number of unbranched alkanes of at least 4 members (excludes halogenated alkanes) is 12. The Balaban J connectivity index is 4.12. The van der Waals surface area contributed by atoms with Crippen LogP contribution in [0.5, 0.6) is 0 Å². The second kappa shape index (κ2) is 20.7. The van der Waals surface area contributed by atoms with E-state index < -0.39 is 17.9 Å². The molecule has 0 fully saturated rings. The summed E-state index contributed by atoms with van der Waals surface area (Å²) in [4.78, 5) is 24.8. The van der Waals surface area contributed by atoms with Crippen molar-refractivity contribution in [1.82, 2.24) is 0 Å². The summed E-state index contributed by atoms with van der Waals surface area (Å²) in [6.07, 6.45) is 17.3. The molecular weight excluding hydrogens is 352 g/mol. The van der Waals surface area contributed by atoms with Gasteiger partial charge in [0.05, 0.1) is 13.2 Å². The summed E-state index contributed by atoms with van der Waals surface area (Å²) >= 11 is 0. The number of ether oxygens (including phenoxy) is 2. The lowest BCUT2D eigenvalue weighted by atomic mass is 10.0. The van der Waals surface area contributed by atoms with Gasteiger partial charge in [-0.2, -0.15) is 0 Å². The first-order chi connectivity index (χ1) is 13.7. The Morgan fingerprint density at radius 3 is 1.32 bits per heavy atom. The van der Waals surface area contributed by atoms with Crippen molar-refractivity contribution in [1.29, 1.82) is 0 Å². The predicted octanol–water partition coefficient (Wildman–Crippen LogP) is 6.99. The predicted molar refractivity (Wildman–Crippen MR) is 116 cm³/mol. The van der Waals surface area contributed by atoms with Crippen LogP contribution in [0.1, 0.15) is 124 Å². The zero-order valence-electron chi connectivity index (χ0n) is 18.9. The van der Waals surface area contributed by atoms with Crippen molar-refractivity contribution in [2.75, 3.05) is 13.2 Å². The normalized spacial score (nSPS) is 11.0. The molecule has 0 rings (SSSR count). The molecule has 0 amide bonds. The highest BCUT2D eigenvalue weighted by Gasteiger charge is 2.29. The molecule has 0 heterocycles. The van der Waals surface area contributed by atoms with E-state index in [2.05, 4.69) is 20.8 Å². The lowest BCUT2D eigenvalue weighted by Crippen LogP contribution is -2.28. The molecule has 0 N–H and O–H groups in total. The minimum absolute atomic E-state index is 0.391. The van der Waals surface area contributed by atoms with E-state index in [9.17, 15) is 9.59 Å². The van der Waals surface area contributed by atoms with Gasteiger partial charge in [0.1, 0.15) is 0 Å². The Labute approximate surface area is 174 Å². The van der Waals surface area contributed by atoms with Crippen molar-refractivity contribution in [3.8, 4) is 0 Å². The monoisotopic (exact) mass is 398 g/mol. The van der Waals surface area contributed by atoms with Crippen molar-refractivity contribution in [3.63, 3.8) is 0 Å². The van der Waals surface area contributed by atoms with Crippen molar-refractivity contribution < 1.29 is 19.1 Å². The number of hydrogen-bond donors (Lipinski definition) is 0. The first kappa shape index (κ1) is 26.9. The van der Waals surface area contributed by atoms with Gasteiger partial charge >= 0.3 is 11.9 Å². The van der Waals surface area contributed by atoms with Crippen LogP contribution in [0.2, 0.25) is 0 Å². The molecule has 0 aliphatic rings. The van der Waals surface area contributed by atoms with Crippen molar-refractivity contribution in [2.24, 2.45) is 5.92 Å². The number of esters is 2. The highest BCUT2D eigenvalue weighted by Crippen LogP contribution is 2.15. The molecule has 0 unspecified atom stereocenters. The summed E-state index contributed by atoms with van der Waals surface area (Å²) in [6.45, 7) is 7.35. The average molecular weight is 399 g/mol. The van der Waals surface area contributed by atoms with Crippen LogP contribution in [0, 0.1) is 5.92 Å². The molecule has 0 saturated carbocycles. The fourth-order valence-corrected chi connectivity index (χ4v) is 3.24. The summed E-state index contributed by atoms with van der Waals surface area (Å²) in [6, 6.07) is 0. The Bertz CT molecular complexity index is 338. The molecule has 4 heteroatoms. The molecule has 0 saturated heterocycles. The Kier molecular flexibility index (Phi) is 19.9. The van der Waals surface area contributed by atoms with Gasteiger partial charge in [-0.25, -0.2) is 0 Å². The number of carbonyl (C=O) groups is 2. The topological polar surface area (TPSA) is 52.6 Å². The smallest absolute Gasteiger partial charge is 0.320 e. The van der Waals surface area contributed by atoms with E-state index in [1.54, 1.807) is 0 Å². The number of carbonyl (C=O) groups excluding carboxylic acids is 2. The van der Waals surface area contributed by atoms with Crippen LogP contribution in [0.25, 0.3) is 0 Å². The van der Waals surface area contributed by atoms with E-state index in [1.807, 2.05) is 0 Å². The third kappa shape index (κ3) is 15.9. The molecule has 0 radical (unpaired) electrons. The molecule has 166 valence electrons. The van der Waals surface area contributed by atoms with Gasteiger partial charge in [0.15, 0.2) is 5.92 Å². The highest BCUT2D eigenvalue weighted by molar-refractivity contribution is 5.94. The fourth-order valence-electron chi connectivity index (χ4n) is 3.24. The SMILES string of the molecule is CCCCCCCCOC(=O)C(CCCCC)C(=O)OCCCCCCCC. The largest absolute Gasteiger partial charge is 0.465 e. The van der Waals surface area contributed by atoms with Crippen LogP contribution in [0.15, 0.2) is 0 Å². The number of hydrogen-bond acceptors (Lipinski definition) is 4. The quantitative estimate of drug-likeness (QED) is 0.126. The molecule has 0 aromatic carbocycles. The van der Waals surface area contributed by atoms with Gasteiger partial charge in [-0.05, 0) is 19.3 Å². The zero-order valence-corrected chi connectivity index (χ0v) is 18.9. The summed E-state index contributed by atoms with van der Waals surface area (Å²) < 4.78 is 10.8.